The Bertz CT molecular complexity index is 780. The van der Waals surface area contributed by atoms with Gasteiger partial charge in [-0.2, -0.15) is 0 Å². The van der Waals surface area contributed by atoms with Gasteiger partial charge in [0.1, 0.15) is 17.9 Å². The van der Waals surface area contributed by atoms with Crippen LogP contribution in [-0.2, 0) is 14.3 Å². The number of esters is 1. The summed E-state index contributed by atoms with van der Waals surface area (Å²) in [6.07, 6.45) is 0.918. The maximum absolute atomic E-state index is 15.6. The number of alkyl halides is 1. The minimum Gasteiger partial charge on any atom is -0.453 e. The Hall–Kier alpha value is -1.80. The van der Waals surface area contributed by atoms with Crippen molar-refractivity contribution >= 4 is 28.7 Å². The Morgan fingerprint density at radius 3 is 2.78 bits per heavy atom. The number of hydrogen-bond donors (Lipinski definition) is 0. The van der Waals surface area contributed by atoms with Crippen molar-refractivity contribution in [1.29, 1.82) is 0 Å². The number of carbonyl (C=O) groups excluding carboxylic acids is 1. The number of rotatable bonds is 2. The second kappa shape index (κ2) is 5.10. The maximum atomic E-state index is 15.6. The van der Waals surface area contributed by atoms with Gasteiger partial charge in [0, 0.05) is 6.92 Å². The predicted molar refractivity (Wildman–Crippen MR) is 79.6 cm³/mol. The predicted octanol–water partition coefficient (Wildman–Crippen LogP) is 2.45. The molecule has 2 aromatic heterocycles. The van der Waals surface area contributed by atoms with Gasteiger partial charge >= 0.3 is 5.97 Å². The minimum absolute atomic E-state index is 0.170. The van der Waals surface area contributed by atoms with E-state index in [0.29, 0.717) is 11.2 Å². The second-order valence-electron chi connectivity index (χ2n) is 5.90. The number of imidazole rings is 1. The summed E-state index contributed by atoms with van der Waals surface area (Å²) < 4.78 is 28.0. The van der Waals surface area contributed by atoms with E-state index in [9.17, 15) is 4.79 Å². The first-order valence-corrected chi connectivity index (χ1v) is 7.43. The summed E-state index contributed by atoms with van der Waals surface area (Å²) in [4.78, 5) is 23.4. The van der Waals surface area contributed by atoms with Crippen LogP contribution in [0.25, 0.3) is 11.2 Å². The van der Waals surface area contributed by atoms with E-state index in [4.69, 9.17) is 21.1 Å². The number of fused-ring (bicyclic) bond motifs is 1. The average Bonchev–Trinajstić information content (AvgIpc) is 2.94. The van der Waals surface area contributed by atoms with Crippen LogP contribution in [0.5, 0.6) is 0 Å². The maximum Gasteiger partial charge on any atom is 0.303 e. The number of nitrogens with zero attached hydrogens (tertiary/aromatic N) is 4. The van der Waals surface area contributed by atoms with E-state index < -0.39 is 29.6 Å². The molecular weight excluding hydrogens is 327 g/mol. The Kier molecular flexibility index (Phi) is 3.57. The summed E-state index contributed by atoms with van der Waals surface area (Å²) in [5.74, 6) is -0.576. The average molecular weight is 343 g/mol. The fourth-order valence-electron chi connectivity index (χ4n) is 2.90. The van der Waals surface area contributed by atoms with Crippen LogP contribution in [0.2, 0.25) is 5.15 Å². The molecule has 1 unspecified atom stereocenters. The van der Waals surface area contributed by atoms with Crippen molar-refractivity contribution in [3.8, 4) is 0 Å². The summed E-state index contributed by atoms with van der Waals surface area (Å²) in [7, 11) is 0. The van der Waals surface area contributed by atoms with Crippen molar-refractivity contribution in [3.05, 3.63) is 17.8 Å². The quantitative estimate of drug-likeness (QED) is 0.616. The van der Waals surface area contributed by atoms with Gasteiger partial charge in [0.15, 0.2) is 28.3 Å². The van der Waals surface area contributed by atoms with Gasteiger partial charge in [-0.25, -0.2) is 19.3 Å². The van der Waals surface area contributed by atoms with Gasteiger partial charge in [-0.1, -0.05) is 11.6 Å². The second-order valence-corrected chi connectivity index (χ2v) is 6.25. The van der Waals surface area contributed by atoms with E-state index in [0.717, 1.165) is 0 Å². The first kappa shape index (κ1) is 16.1. The first-order chi connectivity index (χ1) is 10.7. The highest BCUT2D eigenvalue weighted by atomic mass is 35.5. The van der Waals surface area contributed by atoms with Crippen molar-refractivity contribution in [1.82, 2.24) is 19.5 Å². The van der Waals surface area contributed by atoms with E-state index in [2.05, 4.69) is 15.0 Å². The monoisotopic (exact) mass is 342 g/mol. The smallest absolute Gasteiger partial charge is 0.303 e. The third-order valence-corrected chi connectivity index (χ3v) is 4.74. The van der Waals surface area contributed by atoms with Crippen LogP contribution in [0, 0.1) is 0 Å². The van der Waals surface area contributed by atoms with Crippen LogP contribution in [0.3, 0.4) is 0 Å². The molecule has 0 amide bonds. The zero-order chi connectivity index (χ0) is 17.0. The standard InChI is InChI=1S/C14H16ClFN4O3/c1-7-14(4,23-8(2)21)13(3,16)12(22-7)20-6-19-9-10(15)17-5-18-11(9)20/h5-7,12H,1-4H3/t7-,12?,13+,14+/m1/s1. The molecule has 0 aliphatic carbocycles. The minimum atomic E-state index is -2.01. The van der Waals surface area contributed by atoms with Crippen LogP contribution in [0.4, 0.5) is 4.39 Å². The highest BCUT2D eigenvalue weighted by Crippen LogP contribution is 2.50. The molecule has 0 N–H and O–H groups in total. The van der Waals surface area contributed by atoms with Crippen LogP contribution >= 0.6 is 11.6 Å². The molecule has 1 fully saturated rings. The Labute approximate surface area is 136 Å². The van der Waals surface area contributed by atoms with Crippen LogP contribution in [0.1, 0.15) is 33.9 Å². The molecule has 2 aromatic rings. The van der Waals surface area contributed by atoms with Crippen LogP contribution in [-0.4, -0.2) is 42.9 Å². The lowest BCUT2D eigenvalue weighted by Gasteiger charge is -2.36. The Morgan fingerprint density at radius 2 is 2.13 bits per heavy atom. The Morgan fingerprint density at radius 1 is 1.43 bits per heavy atom. The summed E-state index contributed by atoms with van der Waals surface area (Å²) >= 11 is 5.97. The molecule has 0 aromatic carbocycles. The fourth-order valence-corrected chi connectivity index (χ4v) is 3.07. The number of hydrogen-bond acceptors (Lipinski definition) is 6. The molecular formula is C14H16ClFN4O3. The number of ether oxygens (including phenoxy) is 2. The molecule has 7 nitrogen and oxygen atoms in total. The highest BCUT2D eigenvalue weighted by molar-refractivity contribution is 6.33. The largest absolute Gasteiger partial charge is 0.453 e. The topological polar surface area (TPSA) is 79.1 Å². The van der Waals surface area contributed by atoms with Gasteiger partial charge in [-0.3, -0.25) is 9.36 Å². The molecule has 4 atom stereocenters. The van der Waals surface area contributed by atoms with E-state index in [1.807, 2.05) is 0 Å². The number of carbonyl (C=O) groups is 1. The highest BCUT2D eigenvalue weighted by Gasteiger charge is 2.65. The van der Waals surface area contributed by atoms with E-state index >= 15 is 4.39 Å². The molecule has 3 heterocycles. The molecule has 124 valence electrons. The van der Waals surface area contributed by atoms with Gasteiger partial charge in [0.05, 0.1) is 6.33 Å². The van der Waals surface area contributed by atoms with Gasteiger partial charge in [-0.15, -0.1) is 0 Å². The van der Waals surface area contributed by atoms with E-state index in [-0.39, 0.29) is 5.15 Å². The van der Waals surface area contributed by atoms with E-state index in [1.165, 1.54) is 38.0 Å². The summed E-state index contributed by atoms with van der Waals surface area (Å²) in [6, 6.07) is 0. The first-order valence-electron chi connectivity index (χ1n) is 7.05. The van der Waals surface area contributed by atoms with Crippen molar-refractivity contribution in [3.63, 3.8) is 0 Å². The zero-order valence-electron chi connectivity index (χ0n) is 13.1. The lowest BCUT2D eigenvalue weighted by molar-refractivity contribution is -0.172. The van der Waals surface area contributed by atoms with Gasteiger partial charge in [0.25, 0.3) is 0 Å². The summed E-state index contributed by atoms with van der Waals surface area (Å²) in [5.41, 5.74) is -2.76. The molecule has 23 heavy (non-hydrogen) atoms. The van der Waals surface area contributed by atoms with Gasteiger partial charge in [0.2, 0.25) is 0 Å². The molecule has 1 saturated heterocycles. The summed E-state index contributed by atoms with van der Waals surface area (Å²) in [5, 5.41) is 0.170. The van der Waals surface area contributed by atoms with Crippen molar-refractivity contribution in [2.24, 2.45) is 0 Å². The van der Waals surface area contributed by atoms with Crippen molar-refractivity contribution in [2.45, 2.75) is 51.3 Å². The molecule has 0 saturated carbocycles. The normalized spacial score (nSPS) is 34.0. The molecule has 9 heteroatoms. The molecule has 1 aliphatic rings. The SMILES string of the molecule is CC(=O)O[C@@]1(C)[C@@H](C)OC(n2cnc3c(Cl)ncnc32)[C@]1(C)F. The van der Waals surface area contributed by atoms with Crippen LogP contribution < -0.4 is 0 Å². The molecule has 1 aliphatic heterocycles. The lowest BCUT2D eigenvalue weighted by Crippen LogP contribution is -2.53. The third-order valence-electron chi connectivity index (χ3n) is 4.47. The van der Waals surface area contributed by atoms with Crippen molar-refractivity contribution < 1.29 is 18.7 Å². The third kappa shape index (κ3) is 2.20. The fraction of sp³-hybridized carbons (Fsp3) is 0.571. The number of halogens is 2. The molecule has 0 bridgehead atoms. The van der Waals surface area contributed by atoms with Gasteiger partial charge in [-0.05, 0) is 20.8 Å². The van der Waals surface area contributed by atoms with E-state index in [1.54, 1.807) is 6.92 Å². The van der Waals surface area contributed by atoms with Crippen molar-refractivity contribution in [2.75, 3.05) is 0 Å². The molecule has 0 radical (unpaired) electrons. The van der Waals surface area contributed by atoms with Crippen LogP contribution in [0.15, 0.2) is 12.7 Å². The Balaban J connectivity index is 2.10. The molecule has 0 spiro atoms. The summed E-state index contributed by atoms with van der Waals surface area (Å²) in [6.45, 7) is 5.74. The lowest BCUT2D eigenvalue weighted by atomic mass is 9.84. The molecule has 3 rings (SSSR count). The number of aromatic nitrogens is 4. The zero-order valence-corrected chi connectivity index (χ0v) is 13.8. The van der Waals surface area contributed by atoms with Gasteiger partial charge < -0.3 is 9.47 Å².